The monoisotopic (exact) mass is 294 g/mol. The molecule has 0 rings (SSSR count). The Morgan fingerprint density at radius 3 is 2.56 bits per heavy atom. The molecular weight excluding hydrogens is 279 g/mol. The number of methoxy groups -OCH3 is 1. The second-order valence-electron chi connectivity index (χ2n) is 3.15. The zero-order chi connectivity index (χ0) is 12.6. The van der Waals surface area contributed by atoms with E-state index in [2.05, 4.69) is 27.2 Å². The molecule has 3 nitrogen and oxygen atoms in total. The first kappa shape index (κ1) is 15.3. The van der Waals surface area contributed by atoms with Crippen LogP contribution >= 0.6 is 15.9 Å². The number of ether oxygens (including phenoxy) is 2. The van der Waals surface area contributed by atoms with Crippen molar-refractivity contribution >= 4 is 21.7 Å². The summed E-state index contributed by atoms with van der Waals surface area (Å²) in [6.45, 7) is 4.97. The van der Waals surface area contributed by atoms with Crippen LogP contribution in [0.25, 0.3) is 0 Å². The molecule has 0 aromatic rings. The standard InChI is InChI=1S/C11H16BrFO3/c1-8(11(13)4-5-12)9(2)16-7-10(14)6-15-3/h2,4-7H2,1,3H3/b11-8+. The lowest BCUT2D eigenvalue weighted by Crippen LogP contribution is -2.14. The molecule has 0 atom stereocenters. The fourth-order valence-corrected chi connectivity index (χ4v) is 1.25. The minimum absolute atomic E-state index is 0.0140. The quantitative estimate of drug-likeness (QED) is 0.392. The van der Waals surface area contributed by atoms with Crippen molar-refractivity contribution in [1.29, 1.82) is 0 Å². The van der Waals surface area contributed by atoms with E-state index in [0.29, 0.717) is 10.9 Å². The second kappa shape index (κ2) is 8.47. The highest BCUT2D eigenvalue weighted by molar-refractivity contribution is 9.09. The van der Waals surface area contributed by atoms with E-state index in [1.54, 1.807) is 6.92 Å². The highest BCUT2D eigenvalue weighted by Crippen LogP contribution is 2.18. The largest absolute Gasteiger partial charge is 0.486 e. The van der Waals surface area contributed by atoms with Crippen molar-refractivity contribution in [2.75, 3.05) is 25.7 Å². The predicted octanol–water partition coefficient (Wildman–Crippen LogP) is 2.76. The summed E-state index contributed by atoms with van der Waals surface area (Å²) >= 11 is 3.13. The summed E-state index contributed by atoms with van der Waals surface area (Å²) in [6, 6.07) is 0. The molecule has 0 fully saturated rings. The van der Waals surface area contributed by atoms with E-state index in [-0.39, 0.29) is 37.0 Å². The normalized spacial score (nSPS) is 12.0. The molecule has 0 radical (unpaired) electrons. The number of halogens is 2. The van der Waals surface area contributed by atoms with Crippen LogP contribution in [0.2, 0.25) is 0 Å². The first-order chi connectivity index (χ1) is 7.52. The van der Waals surface area contributed by atoms with Gasteiger partial charge in [0.25, 0.3) is 0 Å². The maximum Gasteiger partial charge on any atom is 0.195 e. The molecule has 0 amide bonds. The lowest BCUT2D eigenvalue weighted by Gasteiger charge is -2.09. The molecule has 0 N–H and O–H groups in total. The molecule has 0 unspecified atom stereocenters. The third kappa shape index (κ3) is 6.02. The van der Waals surface area contributed by atoms with E-state index in [4.69, 9.17) is 4.74 Å². The van der Waals surface area contributed by atoms with E-state index < -0.39 is 0 Å². The molecule has 16 heavy (non-hydrogen) atoms. The van der Waals surface area contributed by atoms with E-state index in [1.165, 1.54) is 7.11 Å². The van der Waals surface area contributed by atoms with Crippen molar-refractivity contribution in [3.8, 4) is 0 Å². The Morgan fingerprint density at radius 2 is 2.06 bits per heavy atom. The van der Waals surface area contributed by atoms with Crippen LogP contribution < -0.4 is 0 Å². The van der Waals surface area contributed by atoms with Crippen LogP contribution in [-0.2, 0) is 14.3 Å². The summed E-state index contributed by atoms with van der Waals surface area (Å²) in [5, 5.41) is 0.534. The van der Waals surface area contributed by atoms with Crippen LogP contribution in [-0.4, -0.2) is 31.4 Å². The molecule has 0 saturated carbocycles. The fourth-order valence-electron chi connectivity index (χ4n) is 0.900. The van der Waals surface area contributed by atoms with Crippen molar-refractivity contribution in [3.05, 3.63) is 23.7 Å². The van der Waals surface area contributed by atoms with Gasteiger partial charge in [0.15, 0.2) is 5.78 Å². The van der Waals surface area contributed by atoms with Gasteiger partial charge in [0.2, 0.25) is 0 Å². The number of Topliss-reactive ketones (excluding diaryl/α,β-unsaturated/α-hetero) is 1. The molecule has 0 bridgehead atoms. The number of hydrogen-bond donors (Lipinski definition) is 0. The number of carbonyl (C=O) groups excluding carboxylic acids is 1. The molecule has 0 aromatic heterocycles. The summed E-state index contributed by atoms with van der Waals surface area (Å²) in [5.74, 6) is -0.318. The van der Waals surface area contributed by atoms with Crippen LogP contribution in [0.1, 0.15) is 13.3 Å². The van der Waals surface area contributed by atoms with E-state index in [0.717, 1.165) is 0 Å². The van der Waals surface area contributed by atoms with Gasteiger partial charge in [-0.1, -0.05) is 22.5 Å². The number of alkyl halides is 1. The van der Waals surface area contributed by atoms with Gasteiger partial charge in [0.05, 0.1) is 0 Å². The summed E-state index contributed by atoms with van der Waals surface area (Å²) < 4.78 is 23.0. The summed E-state index contributed by atoms with van der Waals surface area (Å²) in [6.07, 6.45) is 0.278. The number of allylic oxidation sites excluding steroid dienone is 2. The Labute approximate surface area is 103 Å². The number of rotatable bonds is 8. The van der Waals surface area contributed by atoms with Crippen molar-refractivity contribution < 1.29 is 18.7 Å². The number of ketones is 1. The highest BCUT2D eigenvalue weighted by Gasteiger charge is 2.08. The zero-order valence-electron chi connectivity index (χ0n) is 9.52. The maximum atomic E-state index is 13.3. The number of carbonyl (C=O) groups is 1. The van der Waals surface area contributed by atoms with E-state index in [1.807, 2.05) is 0 Å². The summed E-state index contributed by atoms with van der Waals surface area (Å²) in [7, 11) is 1.42. The van der Waals surface area contributed by atoms with Gasteiger partial charge in [0.1, 0.15) is 24.8 Å². The summed E-state index contributed by atoms with van der Waals surface area (Å²) in [4.78, 5) is 11.1. The topological polar surface area (TPSA) is 35.5 Å². The molecule has 0 heterocycles. The van der Waals surface area contributed by atoms with Crippen molar-refractivity contribution in [3.63, 3.8) is 0 Å². The average Bonchev–Trinajstić information content (AvgIpc) is 2.25. The third-order valence-electron chi connectivity index (χ3n) is 1.85. The first-order valence-electron chi connectivity index (χ1n) is 4.76. The van der Waals surface area contributed by atoms with Crippen LogP contribution in [0.15, 0.2) is 23.7 Å². The Kier molecular flexibility index (Phi) is 8.11. The molecule has 0 aromatic carbocycles. The predicted molar refractivity (Wildman–Crippen MR) is 64.2 cm³/mol. The van der Waals surface area contributed by atoms with E-state index in [9.17, 15) is 9.18 Å². The van der Waals surface area contributed by atoms with Gasteiger partial charge in [0, 0.05) is 24.4 Å². The lowest BCUT2D eigenvalue weighted by molar-refractivity contribution is -0.125. The Balaban J connectivity index is 4.16. The third-order valence-corrected chi connectivity index (χ3v) is 2.25. The van der Waals surface area contributed by atoms with Gasteiger partial charge in [-0.05, 0) is 6.92 Å². The molecular formula is C11H16BrFO3. The molecule has 0 saturated heterocycles. The lowest BCUT2D eigenvalue weighted by atomic mass is 10.2. The van der Waals surface area contributed by atoms with Crippen molar-refractivity contribution in [1.82, 2.24) is 0 Å². The van der Waals surface area contributed by atoms with Gasteiger partial charge in [-0.15, -0.1) is 0 Å². The molecule has 0 aliphatic carbocycles. The van der Waals surface area contributed by atoms with Gasteiger partial charge < -0.3 is 9.47 Å². The SMILES string of the molecule is C=C(OCC(=O)COC)/C(C)=C(/F)CCBr. The highest BCUT2D eigenvalue weighted by atomic mass is 79.9. The van der Waals surface area contributed by atoms with Gasteiger partial charge in [-0.3, -0.25) is 4.79 Å². The average molecular weight is 295 g/mol. The maximum absolute atomic E-state index is 13.3. The van der Waals surface area contributed by atoms with Crippen LogP contribution in [0.3, 0.4) is 0 Å². The molecule has 0 aliphatic heterocycles. The van der Waals surface area contributed by atoms with Gasteiger partial charge >= 0.3 is 0 Å². The minimum atomic E-state index is -0.291. The number of hydrogen-bond acceptors (Lipinski definition) is 3. The van der Waals surface area contributed by atoms with E-state index >= 15 is 0 Å². The Morgan fingerprint density at radius 1 is 1.44 bits per heavy atom. The Hall–Kier alpha value is -0.680. The summed E-state index contributed by atoms with van der Waals surface area (Å²) in [5.41, 5.74) is 0.338. The molecule has 0 aliphatic rings. The minimum Gasteiger partial charge on any atom is -0.486 e. The van der Waals surface area contributed by atoms with Gasteiger partial charge in [-0.25, -0.2) is 4.39 Å². The molecule has 0 spiro atoms. The Bertz CT molecular complexity index is 287. The van der Waals surface area contributed by atoms with Gasteiger partial charge in [-0.2, -0.15) is 0 Å². The van der Waals surface area contributed by atoms with Crippen molar-refractivity contribution in [2.24, 2.45) is 0 Å². The zero-order valence-corrected chi connectivity index (χ0v) is 11.1. The fraction of sp³-hybridized carbons (Fsp3) is 0.545. The second-order valence-corrected chi connectivity index (χ2v) is 3.95. The molecule has 92 valence electrons. The van der Waals surface area contributed by atoms with Crippen LogP contribution in [0.5, 0.6) is 0 Å². The van der Waals surface area contributed by atoms with Crippen molar-refractivity contribution in [2.45, 2.75) is 13.3 Å². The van der Waals surface area contributed by atoms with Crippen LogP contribution in [0.4, 0.5) is 4.39 Å². The first-order valence-corrected chi connectivity index (χ1v) is 5.89. The smallest absolute Gasteiger partial charge is 0.195 e. The molecule has 5 heteroatoms. The van der Waals surface area contributed by atoms with Crippen LogP contribution in [0, 0.1) is 0 Å².